The number of halogens is 1. The number of hydrogen-bond donors (Lipinski definition) is 1. The molecule has 2 rings (SSSR count). The van der Waals surface area contributed by atoms with Crippen molar-refractivity contribution in [3.63, 3.8) is 0 Å². The van der Waals surface area contributed by atoms with Gasteiger partial charge in [-0.05, 0) is 30.9 Å². The molecule has 0 spiro atoms. The summed E-state index contributed by atoms with van der Waals surface area (Å²) in [6.45, 7) is 0.925. The van der Waals surface area contributed by atoms with Crippen LogP contribution in [0.1, 0.15) is 12.8 Å². The lowest BCUT2D eigenvalue weighted by Crippen LogP contribution is -2.03. The minimum Gasteiger partial charge on any atom is -0.385 e. The Morgan fingerprint density at radius 1 is 1.53 bits per heavy atom. The summed E-state index contributed by atoms with van der Waals surface area (Å²) in [5.41, 5.74) is 0.797. The standard InChI is InChI=1S/C10H11ClN2O2/c11-9-5-8(12-6-7-1-2-7)3-4-10(9)13(14)15/h3-5,7,12H,1-2,6H2. The van der Waals surface area contributed by atoms with Crippen LogP contribution in [-0.4, -0.2) is 11.5 Å². The first-order chi connectivity index (χ1) is 7.16. The van der Waals surface area contributed by atoms with Crippen molar-refractivity contribution in [2.75, 3.05) is 11.9 Å². The summed E-state index contributed by atoms with van der Waals surface area (Å²) in [4.78, 5) is 10.0. The number of benzene rings is 1. The van der Waals surface area contributed by atoms with E-state index in [1.807, 2.05) is 0 Å². The molecule has 0 saturated heterocycles. The van der Waals surface area contributed by atoms with Crippen LogP contribution in [-0.2, 0) is 0 Å². The number of anilines is 1. The smallest absolute Gasteiger partial charge is 0.288 e. The fourth-order valence-electron chi connectivity index (χ4n) is 1.35. The van der Waals surface area contributed by atoms with Gasteiger partial charge in [-0.2, -0.15) is 0 Å². The molecule has 1 aromatic carbocycles. The molecule has 0 aliphatic heterocycles. The van der Waals surface area contributed by atoms with Gasteiger partial charge in [-0.25, -0.2) is 0 Å². The molecule has 1 N–H and O–H groups in total. The second kappa shape index (κ2) is 4.06. The Bertz CT molecular complexity index is 391. The van der Waals surface area contributed by atoms with Crippen LogP contribution in [0.2, 0.25) is 5.02 Å². The van der Waals surface area contributed by atoms with Crippen LogP contribution in [0, 0.1) is 16.0 Å². The minimum atomic E-state index is -0.479. The number of nitrogens with zero attached hydrogens (tertiary/aromatic N) is 1. The third-order valence-corrected chi connectivity index (χ3v) is 2.74. The highest BCUT2D eigenvalue weighted by Crippen LogP contribution is 2.31. The van der Waals surface area contributed by atoms with Crippen molar-refractivity contribution in [2.24, 2.45) is 5.92 Å². The lowest BCUT2D eigenvalue weighted by Gasteiger charge is -2.05. The lowest BCUT2D eigenvalue weighted by molar-refractivity contribution is -0.384. The maximum Gasteiger partial charge on any atom is 0.288 e. The zero-order chi connectivity index (χ0) is 10.8. The van der Waals surface area contributed by atoms with Crippen LogP contribution in [0.5, 0.6) is 0 Å². The van der Waals surface area contributed by atoms with Gasteiger partial charge in [-0.15, -0.1) is 0 Å². The van der Waals surface area contributed by atoms with E-state index in [0.29, 0.717) is 0 Å². The third-order valence-electron chi connectivity index (χ3n) is 2.44. The van der Waals surface area contributed by atoms with Gasteiger partial charge in [-0.1, -0.05) is 11.6 Å². The molecule has 0 heterocycles. The van der Waals surface area contributed by atoms with Crippen LogP contribution >= 0.6 is 11.6 Å². The maximum absolute atomic E-state index is 10.5. The number of nitro groups is 1. The number of hydrogen-bond acceptors (Lipinski definition) is 3. The molecule has 1 aliphatic rings. The first kappa shape index (κ1) is 10.2. The quantitative estimate of drug-likeness (QED) is 0.634. The maximum atomic E-state index is 10.5. The van der Waals surface area contributed by atoms with Gasteiger partial charge in [0.05, 0.1) is 4.92 Å². The SMILES string of the molecule is O=[N+]([O-])c1ccc(NCC2CC2)cc1Cl. The van der Waals surface area contributed by atoms with Crippen molar-refractivity contribution in [2.45, 2.75) is 12.8 Å². The highest BCUT2D eigenvalue weighted by atomic mass is 35.5. The van der Waals surface area contributed by atoms with Crippen LogP contribution in [0.15, 0.2) is 18.2 Å². The van der Waals surface area contributed by atoms with Crippen molar-refractivity contribution in [3.8, 4) is 0 Å². The summed E-state index contributed by atoms with van der Waals surface area (Å²) in [5, 5.41) is 13.9. The van der Waals surface area contributed by atoms with E-state index in [0.717, 1.165) is 18.2 Å². The summed E-state index contributed by atoms with van der Waals surface area (Å²) in [6, 6.07) is 4.71. The van der Waals surface area contributed by atoms with Crippen LogP contribution in [0.4, 0.5) is 11.4 Å². The van der Waals surface area contributed by atoms with Crippen molar-refractivity contribution in [3.05, 3.63) is 33.3 Å². The van der Waals surface area contributed by atoms with Crippen LogP contribution < -0.4 is 5.32 Å². The third kappa shape index (κ3) is 2.59. The lowest BCUT2D eigenvalue weighted by atomic mass is 10.2. The van der Waals surface area contributed by atoms with E-state index < -0.39 is 4.92 Å². The highest BCUT2D eigenvalue weighted by Gasteiger charge is 2.20. The van der Waals surface area contributed by atoms with Gasteiger partial charge in [0.2, 0.25) is 0 Å². The van der Waals surface area contributed by atoms with Crippen LogP contribution in [0.25, 0.3) is 0 Å². The van der Waals surface area contributed by atoms with Gasteiger partial charge in [0.15, 0.2) is 0 Å². The van der Waals surface area contributed by atoms with Gasteiger partial charge in [0.25, 0.3) is 5.69 Å². The van der Waals surface area contributed by atoms with Crippen molar-refractivity contribution in [1.29, 1.82) is 0 Å². The van der Waals surface area contributed by atoms with Crippen LogP contribution in [0.3, 0.4) is 0 Å². The molecule has 0 bridgehead atoms. The Labute approximate surface area is 92.4 Å². The second-order valence-corrected chi connectivity index (χ2v) is 4.15. The molecule has 0 atom stereocenters. The Hall–Kier alpha value is -1.29. The molecule has 80 valence electrons. The van der Waals surface area contributed by atoms with Gasteiger partial charge >= 0.3 is 0 Å². The Balaban J connectivity index is 2.06. The van der Waals surface area contributed by atoms with Gasteiger partial charge in [0.1, 0.15) is 5.02 Å². The first-order valence-electron chi connectivity index (χ1n) is 4.84. The molecule has 4 nitrogen and oxygen atoms in total. The summed E-state index contributed by atoms with van der Waals surface area (Å²) in [6.07, 6.45) is 2.54. The monoisotopic (exact) mass is 226 g/mol. The molecular formula is C10H11ClN2O2. The van der Waals surface area contributed by atoms with Gasteiger partial charge in [0, 0.05) is 18.3 Å². The molecule has 0 unspecified atom stereocenters. The minimum absolute atomic E-state index is 0.0476. The summed E-state index contributed by atoms with van der Waals surface area (Å²) in [7, 11) is 0. The Morgan fingerprint density at radius 2 is 2.27 bits per heavy atom. The summed E-state index contributed by atoms with van der Waals surface area (Å²) in [5.74, 6) is 0.763. The van der Waals surface area contributed by atoms with Crippen molar-refractivity contribution in [1.82, 2.24) is 0 Å². The molecule has 0 radical (unpaired) electrons. The van der Waals surface area contributed by atoms with E-state index in [2.05, 4.69) is 5.32 Å². The fourth-order valence-corrected chi connectivity index (χ4v) is 1.60. The molecule has 1 saturated carbocycles. The number of nitrogens with one attached hydrogen (secondary N) is 1. The zero-order valence-electron chi connectivity index (χ0n) is 8.07. The van der Waals surface area contributed by atoms with E-state index in [-0.39, 0.29) is 10.7 Å². The summed E-state index contributed by atoms with van der Waals surface area (Å²) >= 11 is 5.77. The van der Waals surface area contributed by atoms with Gasteiger partial charge in [-0.3, -0.25) is 10.1 Å². The number of rotatable bonds is 4. The summed E-state index contributed by atoms with van der Waals surface area (Å²) < 4.78 is 0. The zero-order valence-corrected chi connectivity index (χ0v) is 8.83. The van der Waals surface area contributed by atoms with Crippen molar-refractivity contribution < 1.29 is 4.92 Å². The average molecular weight is 227 g/mol. The molecule has 1 aromatic rings. The molecule has 0 amide bonds. The molecule has 0 aromatic heterocycles. The predicted octanol–water partition coefficient (Wildman–Crippen LogP) is 3.07. The molecule has 5 heteroatoms. The van der Waals surface area contributed by atoms with E-state index in [1.54, 1.807) is 12.1 Å². The molecule has 1 aliphatic carbocycles. The fraction of sp³-hybridized carbons (Fsp3) is 0.400. The average Bonchev–Trinajstić information content (AvgIpc) is 2.97. The molecular weight excluding hydrogens is 216 g/mol. The second-order valence-electron chi connectivity index (χ2n) is 3.75. The number of nitro benzene ring substituents is 1. The largest absolute Gasteiger partial charge is 0.385 e. The highest BCUT2D eigenvalue weighted by molar-refractivity contribution is 6.32. The predicted molar refractivity (Wildman–Crippen MR) is 59.3 cm³/mol. The molecule has 15 heavy (non-hydrogen) atoms. The molecule has 1 fully saturated rings. The van der Waals surface area contributed by atoms with E-state index >= 15 is 0 Å². The van der Waals surface area contributed by atoms with E-state index in [1.165, 1.54) is 18.9 Å². The van der Waals surface area contributed by atoms with Gasteiger partial charge < -0.3 is 5.32 Å². The van der Waals surface area contributed by atoms with E-state index in [9.17, 15) is 10.1 Å². The van der Waals surface area contributed by atoms with E-state index in [4.69, 9.17) is 11.6 Å². The normalized spacial score (nSPS) is 15.0. The Kier molecular flexibility index (Phi) is 2.77. The van der Waals surface area contributed by atoms with Crippen molar-refractivity contribution >= 4 is 23.0 Å². The first-order valence-corrected chi connectivity index (χ1v) is 5.22. The Morgan fingerprint density at radius 3 is 2.80 bits per heavy atom. The topological polar surface area (TPSA) is 55.2 Å².